The summed E-state index contributed by atoms with van der Waals surface area (Å²) < 4.78 is 0. The second-order valence-electron chi connectivity index (χ2n) is 4.05. The molecule has 0 aromatic carbocycles. The Bertz CT molecular complexity index is 144. The van der Waals surface area contributed by atoms with Crippen molar-refractivity contribution in [3.05, 3.63) is 0 Å². The molecule has 0 saturated carbocycles. The van der Waals surface area contributed by atoms with Gasteiger partial charge in [-0.05, 0) is 24.2 Å². The smallest absolute Gasteiger partial charge is 0.102 e. The molecule has 1 rings (SSSR count). The number of rotatable bonds is 1. The van der Waals surface area contributed by atoms with E-state index in [0.717, 1.165) is 5.92 Å². The van der Waals surface area contributed by atoms with Crippen LogP contribution in [-0.4, -0.2) is 15.8 Å². The average Bonchev–Trinajstić information content (AvgIpc) is 2.08. The zero-order chi connectivity index (χ0) is 9.30. The first kappa shape index (κ1) is 10.4. The highest BCUT2D eigenvalue weighted by Gasteiger charge is 2.36. The molecular weight excluding hydrogens is 168 g/mol. The lowest BCUT2D eigenvalue weighted by molar-refractivity contribution is 0.121. The summed E-state index contributed by atoms with van der Waals surface area (Å²) in [5, 5.41) is 10.4. The van der Waals surface area contributed by atoms with E-state index >= 15 is 0 Å². The minimum Gasteiger partial charge on any atom is -0.382 e. The van der Waals surface area contributed by atoms with Gasteiger partial charge in [-0.1, -0.05) is 27.7 Å². The second-order valence-corrected chi connectivity index (χ2v) is 5.41. The van der Waals surface area contributed by atoms with Gasteiger partial charge in [0.05, 0.1) is 0 Å². The van der Waals surface area contributed by atoms with Gasteiger partial charge in [-0.25, -0.2) is 0 Å². The molecule has 1 saturated heterocycles. The third-order valence-corrected chi connectivity index (χ3v) is 5.23. The normalized spacial score (nSPS) is 49.2. The van der Waals surface area contributed by atoms with Gasteiger partial charge in [-0.15, -0.1) is 11.8 Å². The molecule has 0 amide bonds. The Balaban J connectivity index is 2.63. The van der Waals surface area contributed by atoms with Crippen LogP contribution in [0.4, 0.5) is 0 Å². The van der Waals surface area contributed by atoms with Crippen LogP contribution >= 0.6 is 11.8 Å². The van der Waals surface area contributed by atoms with E-state index in [1.807, 2.05) is 0 Å². The Kier molecular flexibility index (Phi) is 3.47. The Hall–Kier alpha value is 0.310. The van der Waals surface area contributed by atoms with Crippen molar-refractivity contribution in [2.45, 2.75) is 44.8 Å². The number of hydrogen-bond donors (Lipinski definition) is 1. The van der Waals surface area contributed by atoms with Crippen LogP contribution in [0.5, 0.6) is 0 Å². The molecule has 72 valence electrons. The van der Waals surface area contributed by atoms with Crippen molar-refractivity contribution in [2.75, 3.05) is 0 Å². The summed E-state index contributed by atoms with van der Waals surface area (Å²) >= 11 is 1.76. The van der Waals surface area contributed by atoms with Crippen LogP contribution in [0.25, 0.3) is 0 Å². The molecule has 0 bridgehead atoms. The first-order valence-corrected chi connectivity index (χ1v) is 5.85. The summed E-state index contributed by atoms with van der Waals surface area (Å²) in [6, 6.07) is 0. The van der Waals surface area contributed by atoms with Crippen LogP contribution in [0.1, 0.15) is 34.1 Å². The third kappa shape index (κ3) is 1.80. The largest absolute Gasteiger partial charge is 0.382 e. The molecule has 0 radical (unpaired) electrons. The SMILES string of the molecule is CC[C@H]1SC(O)[C@H](C)[C@@H](C)[C@@H]1C. The molecule has 12 heavy (non-hydrogen) atoms. The zero-order valence-corrected chi connectivity index (χ0v) is 9.27. The Morgan fingerprint density at radius 1 is 1.08 bits per heavy atom. The Morgan fingerprint density at radius 2 is 1.67 bits per heavy atom. The molecule has 0 aliphatic carbocycles. The Labute approximate surface area is 79.9 Å². The lowest BCUT2D eigenvalue weighted by atomic mass is 9.82. The van der Waals surface area contributed by atoms with E-state index in [4.69, 9.17) is 0 Å². The summed E-state index contributed by atoms with van der Waals surface area (Å²) in [5.74, 6) is 1.86. The van der Waals surface area contributed by atoms with Gasteiger partial charge in [0.1, 0.15) is 5.44 Å². The molecule has 2 heteroatoms. The molecule has 1 unspecified atom stereocenters. The van der Waals surface area contributed by atoms with E-state index in [2.05, 4.69) is 27.7 Å². The van der Waals surface area contributed by atoms with Gasteiger partial charge in [-0.2, -0.15) is 0 Å². The van der Waals surface area contributed by atoms with Crippen LogP contribution in [-0.2, 0) is 0 Å². The summed E-state index contributed by atoms with van der Waals surface area (Å²) in [6.45, 7) is 8.95. The van der Waals surface area contributed by atoms with Crippen molar-refractivity contribution >= 4 is 11.8 Å². The van der Waals surface area contributed by atoms with E-state index in [1.165, 1.54) is 6.42 Å². The summed E-state index contributed by atoms with van der Waals surface area (Å²) in [7, 11) is 0. The summed E-state index contributed by atoms with van der Waals surface area (Å²) in [4.78, 5) is 0. The van der Waals surface area contributed by atoms with Crippen LogP contribution in [0.2, 0.25) is 0 Å². The van der Waals surface area contributed by atoms with Crippen LogP contribution < -0.4 is 0 Å². The minimum atomic E-state index is -0.138. The van der Waals surface area contributed by atoms with Gasteiger partial charge in [0, 0.05) is 5.25 Å². The predicted octanol–water partition coefficient (Wildman–Crippen LogP) is 2.74. The maximum Gasteiger partial charge on any atom is 0.102 e. The average molecular weight is 188 g/mol. The molecule has 1 heterocycles. The monoisotopic (exact) mass is 188 g/mol. The summed E-state index contributed by atoms with van der Waals surface area (Å²) in [6.07, 6.45) is 1.18. The molecule has 1 nitrogen and oxygen atoms in total. The number of aliphatic hydroxyl groups is 1. The highest BCUT2D eigenvalue weighted by Crippen LogP contribution is 2.43. The maximum atomic E-state index is 9.73. The van der Waals surface area contributed by atoms with E-state index in [9.17, 15) is 5.11 Å². The second kappa shape index (κ2) is 4.01. The van der Waals surface area contributed by atoms with Gasteiger partial charge in [0.2, 0.25) is 0 Å². The topological polar surface area (TPSA) is 20.2 Å². The fourth-order valence-corrected chi connectivity index (χ4v) is 3.51. The first-order valence-electron chi connectivity index (χ1n) is 4.91. The van der Waals surface area contributed by atoms with Crippen molar-refractivity contribution in [3.8, 4) is 0 Å². The number of aliphatic hydroxyl groups excluding tert-OH is 1. The maximum absolute atomic E-state index is 9.73. The van der Waals surface area contributed by atoms with Crippen molar-refractivity contribution < 1.29 is 5.11 Å². The minimum absolute atomic E-state index is 0.138. The predicted molar refractivity (Wildman–Crippen MR) is 55.2 cm³/mol. The van der Waals surface area contributed by atoms with Gasteiger partial charge in [0.15, 0.2) is 0 Å². The lowest BCUT2D eigenvalue weighted by Gasteiger charge is -2.40. The molecule has 0 aromatic heterocycles. The zero-order valence-electron chi connectivity index (χ0n) is 8.45. The van der Waals surface area contributed by atoms with Crippen molar-refractivity contribution in [3.63, 3.8) is 0 Å². The van der Waals surface area contributed by atoms with E-state index in [1.54, 1.807) is 11.8 Å². The van der Waals surface area contributed by atoms with Gasteiger partial charge in [0.25, 0.3) is 0 Å². The molecular formula is C10H20OS. The third-order valence-electron chi connectivity index (χ3n) is 3.41. The van der Waals surface area contributed by atoms with Crippen molar-refractivity contribution in [2.24, 2.45) is 17.8 Å². The van der Waals surface area contributed by atoms with E-state index in [-0.39, 0.29) is 5.44 Å². The van der Waals surface area contributed by atoms with Gasteiger partial charge >= 0.3 is 0 Å². The standard InChI is InChI=1S/C10H20OS/c1-5-9-7(3)6(2)8(4)10(11)12-9/h6-11H,5H2,1-4H3/t6-,7-,8+,9+,10?/m0/s1. The first-order chi connectivity index (χ1) is 5.57. The Morgan fingerprint density at radius 3 is 2.17 bits per heavy atom. The lowest BCUT2D eigenvalue weighted by Crippen LogP contribution is -2.37. The molecule has 1 aliphatic rings. The molecule has 0 spiro atoms. The van der Waals surface area contributed by atoms with Crippen LogP contribution in [0, 0.1) is 17.8 Å². The molecule has 0 aromatic rings. The van der Waals surface area contributed by atoms with Gasteiger partial charge in [-0.3, -0.25) is 0 Å². The van der Waals surface area contributed by atoms with Crippen molar-refractivity contribution in [1.29, 1.82) is 0 Å². The molecule has 1 N–H and O–H groups in total. The summed E-state index contributed by atoms with van der Waals surface area (Å²) in [5.41, 5.74) is -0.138. The highest BCUT2D eigenvalue weighted by atomic mass is 32.2. The highest BCUT2D eigenvalue weighted by molar-refractivity contribution is 8.00. The quantitative estimate of drug-likeness (QED) is 0.683. The number of hydrogen-bond acceptors (Lipinski definition) is 2. The van der Waals surface area contributed by atoms with Crippen LogP contribution in [0.3, 0.4) is 0 Å². The molecule has 1 fully saturated rings. The van der Waals surface area contributed by atoms with Crippen molar-refractivity contribution in [1.82, 2.24) is 0 Å². The molecule has 5 atom stereocenters. The van der Waals surface area contributed by atoms with Crippen LogP contribution in [0.15, 0.2) is 0 Å². The fourth-order valence-electron chi connectivity index (χ4n) is 1.97. The van der Waals surface area contributed by atoms with E-state index < -0.39 is 0 Å². The fraction of sp³-hybridized carbons (Fsp3) is 1.00. The molecule has 1 aliphatic heterocycles. The van der Waals surface area contributed by atoms with Gasteiger partial charge < -0.3 is 5.11 Å². The van der Waals surface area contributed by atoms with E-state index in [0.29, 0.717) is 17.1 Å². The number of thioether (sulfide) groups is 1.